The van der Waals surface area contributed by atoms with Gasteiger partial charge in [0.1, 0.15) is 0 Å². The van der Waals surface area contributed by atoms with Crippen LogP contribution in [0.1, 0.15) is 6.92 Å². The van der Waals surface area contributed by atoms with Gasteiger partial charge in [0.05, 0.1) is 21.7 Å². The summed E-state index contributed by atoms with van der Waals surface area (Å²) in [7, 11) is -3.33. The van der Waals surface area contributed by atoms with Crippen LogP contribution in [-0.4, -0.2) is 23.7 Å². The number of benzene rings is 3. The highest BCUT2D eigenvalue weighted by Gasteiger charge is 2.14. The minimum atomic E-state index is -3.33. The zero-order valence-electron chi connectivity index (χ0n) is 17.7. The third-order valence-electron chi connectivity index (χ3n) is 5.73. The van der Waals surface area contributed by atoms with Crippen LogP contribution in [0.3, 0.4) is 0 Å². The van der Waals surface area contributed by atoms with Gasteiger partial charge in [-0.25, -0.2) is 8.42 Å². The van der Waals surface area contributed by atoms with Crippen LogP contribution >= 0.6 is 11.6 Å². The van der Waals surface area contributed by atoms with E-state index >= 15 is 0 Å². The molecule has 5 nitrogen and oxygen atoms in total. The van der Waals surface area contributed by atoms with Crippen molar-refractivity contribution < 1.29 is 8.42 Å². The Morgan fingerprint density at radius 1 is 0.879 bits per heavy atom. The number of halogens is 1. The largest absolute Gasteiger partial charge is 0.276 e. The highest BCUT2D eigenvalue weighted by molar-refractivity contribution is 7.91. The van der Waals surface area contributed by atoms with Gasteiger partial charge in [-0.15, -0.1) is 0 Å². The average Bonchev–Trinajstić information content (AvgIpc) is 2.84. The second-order valence-corrected chi connectivity index (χ2v) is 10.4. The van der Waals surface area contributed by atoms with Crippen molar-refractivity contribution in [3.05, 3.63) is 100 Å². The molecule has 0 amide bonds. The first-order valence-electron chi connectivity index (χ1n) is 10.4. The highest BCUT2D eigenvalue weighted by atomic mass is 35.5. The molecule has 0 aliphatic rings. The molecule has 0 aliphatic carbocycles. The molecule has 2 aromatic heterocycles. The van der Waals surface area contributed by atoms with E-state index in [0.717, 1.165) is 32.9 Å². The molecule has 0 bridgehead atoms. The van der Waals surface area contributed by atoms with Crippen LogP contribution in [-0.2, 0) is 9.84 Å². The van der Waals surface area contributed by atoms with Crippen LogP contribution < -0.4 is 5.56 Å². The van der Waals surface area contributed by atoms with Gasteiger partial charge in [0.2, 0.25) is 0 Å². The zero-order chi connectivity index (χ0) is 23.2. The molecule has 0 radical (unpaired) electrons. The smallest absolute Gasteiger partial charge is 0.255 e. The van der Waals surface area contributed by atoms with Crippen molar-refractivity contribution in [1.29, 1.82) is 0 Å². The van der Waals surface area contributed by atoms with Crippen LogP contribution in [0, 0.1) is 0 Å². The van der Waals surface area contributed by atoms with E-state index in [4.69, 9.17) is 11.6 Å². The summed E-state index contributed by atoms with van der Waals surface area (Å²) in [6.45, 7) is 1.61. The van der Waals surface area contributed by atoms with Crippen molar-refractivity contribution in [2.45, 2.75) is 11.8 Å². The first-order chi connectivity index (χ1) is 15.9. The van der Waals surface area contributed by atoms with E-state index in [0.29, 0.717) is 10.7 Å². The fraction of sp³-hybridized carbons (Fsp3) is 0.0769. The van der Waals surface area contributed by atoms with Gasteiger partial charge in [-0.1, -0.05) is 36.7 Å². The number of nitrogens with zero attached hydrogens (tertiary/aromatic N) is 2. The predicted octanol–water partition coefficient (Wildman–Crippen LogP) is 5.65. The molecule has 0 N–H and O–H groups in total. The Morgan fingerprint density at radius 2 is 1.58 bits per heavy atom. The Balaban J connectivity index is 1.78. The summed E-state index contributed by atoms with van der Waals surface area (Å²) >= 11 is 6.04. The van der Waals surface area contributed by atoms with Crippen molar-refractivity contribution in [3.8, 4) is 16.8 Å². The van der Waals surface area contributed by atoms with E-state index in [-0.39, 0.29) is 16.2 Å². The molecule has 33 heavy (non-hydrogen) atoms. The maximum Gasteiger partial charge on any atom is 0.255 e. The number of hydrogen-bond donors (Lipinski definition) is 0. The first-order valence-corrected chi connectivity index (χ1v) is 12.4. The topological polar surface area (TPSA) is 69.0 Å². The van der Waals surface area contributed by atoms with E-state index < -0.39 is 9.84 Å². The Bertz CT molecular complexity index is 1670. The standard InChI is InChI=1S/C26H19ClN2O3S/c1-2-33(31,32)22-11-9-21(10-12-22)29-25(30)14-6-19-16-28-24-13-5-18(15-23(24)26(19)29)17-3-7-20(27)8-4-17/h3-16H,2H2,1H3. The quantitative estimate of drug-likeness (QED) is 0.315. The molecule has 2 heterocycles. The molecule has 5 aromatic rings. The molecule has 0 aliphatic heterocycles. The van der Waals surface area contributed by atoms with E-state index in [2.05, 4.69) is 4.98 Å². The summed E-state index contributed by atoms with van der Waals surface area (Å²) in [5.41, 5.74) is 3.82. The van der Waals surface area contributed by atoms with Crippen LogP contribution in [0.15, 0.2) is 94.7 Å². The predicted molar refractivity (Wildman–Crippen MR) is 133 cm³/mol. The zero-order valence-corrected chi connectivity index (χ0v) is 19.3. The summed E-state index contributed by atoms with van der Waals surface area (Å²) in [6, 6.07) is 23.2. The van der Waals surface area contributed by atoms with E-state index in [1.807, 2.05) is 42.5 Å². The van der Waals surface area contributed by atoms with Gasteiger partial charge in [-0.3, -0.25) is 14.3 Å². The second kappa shape index (κ2) is 8.14. The van der Waals surface area contributed by atoms with Crippen LogP contribution in [0.2, 0.25) is 5.02 Å². The van der Waals surface area contributed by atoms with Gasteiger partial charge in [0.25, 0.3) is 5.56 Å². The summed E-state index contributed by atoms with van der Waals surface area (Å²) in [5, 5.41) is 2.29. The minimum Gasteiger partial charge on any atom is -0.276 e. The molecule has 7 heteroatoms. The van der Waals surface area contributed by atoms with E-state index in [1.165, 1.54) is 6.07 Å². The third kappa shape index (κ3) is 3.81. The summed E-state index contributed by atoms with van der Waals surface area (Å²) in [4.78, 5) is 17.8. The van der Waals surface area contributed by atoms with Gasteiger partial charge in [-0.2, -0.15) is 0 Å². The first kappa shape index (κ1) is 21.4. The lowest BCUT2D eigenvalue weighted by Crippen LogP contribution is -2.18. The van der Waals surface area contributed by atoms with E-state index in [9.17, 15) is 13.2 Å². The average molecular weight is 475 g/mol. The van der Waals surface area contributed by atoms with Gasteiger partial charge >= 0.3 is 0 Å². The molecular weight excluding hydrogens is 456 g/mol. The van der Waals surface area contributed by atoms with Crippen molar-refractivity contribution in [2.24, 2.45) is 0 Å². The van der Waals surface area contributed by atoms with Gasteiger partial charge in [-0.05, 0) is 65.7 Å². The Hall–Kier alpha value is -3.48. The minimum absolute atomic E-state index is 0.0182. The fourth-order valence-corrected chi connectivity index (χ4v) is 4.97. The molecule has 0 atom stereocenters. The summed E-state index contributed by atoms with van der Waals surface area (Å²) in [6.07, 6.45) is 1.74. The molecule has 0 saturated carbocycles. The number of hydrogen-bond acceptors (Lipinski definition) is 4. The lowest BCUT2D eigenvalue weighted by Gasteiger charge is -2.14. The molecule has 0 unspecified atom stereocenters. The van der Waals surface area contributed by atoms with Gasteiger partial charge in [0, 0.05) is 33.7 Å². The fourth-order valence-electron chi connectivity index (χ4n) is 3.96. The van der Waals surface area contributed by atoms with Crippen LogP contribution in [0.4, 0.5) is 0 Å². The van der Waals surface area contributed by atoms with Gasteiger partial charge < -0.3 is 0 Å². The maximum absolute atomic E-state index is 13.0. The molecule has 0 spiro atoms. The monoisotopic (exact) mass is 474 g/mol. The number of fused-ring (bicyclic) bond motifs is 3. The second-order valence-electron chi connectivity index (χ2n) is 7.71. The maximum atomic E-state index is 13.0. The lowest BCUT2D eigenvalue weighted by atomic mass is 10.0. The third-order valence-corrected chi connectivity index (χ3v) is 7.73. The number of sulfone groups is 1. The number of pyridine rings is 2. The molecule has 164 valence electrons. The van der Waals surface area contributed by atoms with Crippen molar-refractivity contribution in [2.75, 3.05) is 5.75 Å². The van der Waals surface area contributed by atoms with Crippen molar-refractivity contribution >= 4 is 43.2 Å². The SMILES string of the molecule is CCS(=O)(=O)c1ccc(-n2c(=O)ccc3cnc4ccc(-c5ccc(Cl)cc5)cc4c32)cc1. The Kier molecular flexibility index (Phi) is 5.27. The van der Waals surface area contributed by atoms with Gasteiger partial charge in [0.15, 0.2) is 9.84 Å². The Morgan fingerprint density at radius 3 is 2.27 bits per heavy atom. The Labute approximate surface area is 195 Å². The van der Waals surface area contributed by atoms with Crippen molar-refractivity contribution in [3.63, 3.8) is 0 Å². The molecule has 5 rings (SSSR count). The molecule has 0 fully saturated rings. The highest BCUT2D eigenvalue weighted by Crippen LogP contribution is 2.30. The number of aromatic nitrogens is 2. The number of rotatable bonds is 4. The lowest BCUT2D eigenvalue weighted by molar-refractivity contribution is 0.597. The molecular formula is C26H19ClN2O3S. The van der Waals surface area contributed by atoms with E-state index in [1.54, 1.807) is 48.0 Å². The summed E-state index contributed by atoms with van der Waals surface area (Å²) in [5.74, 6) is 0.0182. The van der Waals surface area contributed by atoms with Crippen LogP contribution in [0.25, 0.3) is 38.6 Å². The molecule has 0 saturated heterocycles. The molecule has 3 aromatic carbocycles. The van der Waals surface area contributed by atoms with Crippen molar-refractivity contribution in [1.82, 2.24) is 9.55 Å². The summed E-state index contributed by atoms with van der Waals surface area (Å²) < 4.78 is 26.0. The normalized spacial score (nSPS) is 11.8. The van der Waals surface area contributed by atoms with Crippen LogP contribution in [0.5, 0.6) is 0 Å².